The van der Waals surface area contributed by atoms with Gasteiger partial charge in [-0.2, -0.15) is 4.98 Å². The second-order valence-corrected chi connectivity index (χ2v) is 6.87. The van der Waals surface area contributed by atoms with Gasteiger partial charge in [0.05, 0.1) is 0 Å². The lowest BCUT2D eigenvalue weighted by molar-refractivity contribution is 0.306. The van der Waals surface area contributed by atoms with Crippen LogP contribution in [0.25, 0.3) is 0 Å². The lowest BCUT2D eigenvalue weighted by Gasteiger charge is -2.19. The summed E-state index contributed by atoms with van der Waals surface area (Å²) in [4.78, 5) is 11.3. The molecular weight excluding hydrogens is 372 g/mol. The number of nitrogens with one attached hydrogen (secondary N) is 1. The summed E-state index contributed by atoms with van der Waals surface area (Å²) < 4.78 is 5.83. The molecule has 0 unspecified atom stereocenters. The molecule has 0 aliphatic carbocycles. The van der Waals surface area contributed by atoms with Crippen molar-refractivity contribution in [3.63, 3.8) is 0 Å². The van der Waals surface area contributed by atoms with E-state index in [2.05, 4.69) is 34.0 Å². The van der Waals surface area contributed by atoms with Gasteiger partial charge in [0, 0.05) is 35.6 Å². The van der Waals surface area contributed by atoms with E-state index in [1.807, 2.05) is 61.5 Å². The maximum atomic E-state index is 5.91. The van der Waals surface area contributed by atoms with E-state index < -0.39 is 0 Å². The third-order valence-corrected chi connectivity index (χ3v) is 4.59. The van der Waals surface area contributed by atoms with Crippen LogP contribution in [0, 0.1) is 6.92 Å². The van der Waals surface area contributed by atoms with Crippen LogP contribution in [0.4, 0.5) is 17.5 Å². The molecule has 3 rings (SSSR count). The Morgan fingerprint density at radius 3 is 2.29 bits per heavy atom. The molecule has 1 aromatic heterocycles. The van der Waals surface area contributed by atoms with Gasteiger partial charge in [0.25, 0.3) is 0 Å². The summed E-state index contributed by atoms with van der Waals surface area (Å²) in [5.41, 5.74) is 2.96. The van der Waals surface area contributed by atoms with Gasteiger partial charge in [0.1, 0.15) is 18.2 Å². The minimum Gasteiger partial charge on any atom is -0.489 e. The predicted molar refractivity (Wildman–Crippen MR) is 116 cm³/mol. The molecule has 0 aliphatic rings. The first-order valence-electron chi connectivity index (χ1n) is 9.42. The van der Waals surface area contributed by atoms with Crippen LogP contribution in [0.2, 0.25) is 5.02 Å². The van der Waals surface area contributed by atoms with E-state index in [9.17, 15) is 0 Å². The number of rotatable bonds is 8. The van der Waals surface area contributed by atoms with Crippen LogP contribution < -0.4 is 15.0 Å². The fourth-order valence-electron chi connectivity index (χ4n) is 2.79. The van der Waals surface area contributed by atoms with Crippen molar-refractivity contribution in [1.29, 1.82) is 0 Å². The molecule has 2 aromatic carbocycles. The minimum absolute atomic E-state index is 0.502. The SMILES string of the molecule is CCN(CC)c1nc(C)cc(Nc2ccc(OCc3ccc(Cl)cc3)cc2)n1. The van der Waals surface area contributed by atoms with Crippen LogP contribution in [0.1, 0.15) is 25.1 Å². The third kappa shape index (κ3) is 5.36. The van der Waals surface area contributed by atoms with Crippen molar-refractivity contribution in [2.24, 2.45) is 0 Å². The first kappa shape index (κ1) is 20.0. The number of aryl methyl sites for hydroxylation is 1. The number of hydrogen-bond acceptors (Lipinski definition) is 5. The number of anilines is 3. The van der Waals surface area contributed by atoms with E-state index in [0.717, 1.165) is 52.6 Å². The number of nitrogens with zero attached hydrogens (tertiary/aromatic N) is 3. The molecule has 6 heteroatoms. The highest BCUT2D eigenvalue weighted by Gasteiger charge is 2.08. The standard InChI is InChI=1S/C22H25ClN4O/c1-4-27(5-2)22-24-16(3)14-21(26-22)25-19-10-12-20(13-11-19)28-15-17-6-8-18(23)9-7-17/h6-14H,4-5,15H2,1-3H3,(H,24,25,26). The molecule has 0 aliphatic heterocycles. The summed E-state index contributed by atoms with van der Waals surface area (Å²) in [6.45, 7) is 8.43. The van der Waals surface area contributed by atoms with Gasteiger partial charge in [0.15, 0.2) is 0 Å². The topological polar surface area (TPSA) is 50.3 Å². The molecule has 0 radical (unpaired) electrons. The van der Waals surface area contributed by atoms with E-state index in [0.29, 0.717) is 6.61 Å². The summed E-state index contributed by atoms with van der Waals surface area (Å²) in [5, 5.41) is 4.07. The quantitative estimate of drug-likeness (QED) is 0.536. The van der Waals surface area contributed by atoms with Crippen LogP contribution >= 0.6 is 11.6 Å². The van der Waals surface area contributed by atoms with Crippen LogP contribution in [-0.4, -0.2) is 23.1 Å². The molecular formula is C22H25ClN4O. The molecule has 146 valence electrons. The summed E-state index contributed by atoms with van der Waals surface area (Å²) >= 11 is 5.91. The maximum Gasteiger partial charge on any atom is 0.227 e. The van der Waals surface area contributed by atoms with Crippen molar-refractivity contribution in [1.82, 2.24) is 9.97 Å². The summed E-state index contributed by atoms with van der Waals surface area (Å²) in [5.74, 6) is 2.34. The predicted octanol–water partition coefficient (Wildman–Crippen LogP) is 5.61. The number of hydrogen-bond donors (Lipinski definition) is 1. The summed E-state index contributed by atoms with van der Waals surface area (Å²) in [6, 6.07) is 17.4. The Morgan fingerprint density at radius 1 is 0.964 bits per heavy atom. The van der Waals surface area contributed by atoms with Crippen molar-refractivity contribution < 1.29 is 4.74 Å². The molecule has 0 atom stereocenters. The molecule has 0 spiro atoms. The molecule has 1 heterocycles. The molecule has 28 heavy (non-hydrogen) atoms. The van der Waals surface area contributed by atoms with Crippen LogP contribution in [0.15, 0.2) is 54.6 Å². The van der Waals surface area contributed by atoms with Crippen molar-refractivity contribution in [3.05, 3.63) is 70.9 Å². The van der Waals surface area contributed by atoms with Gasteiger partial charge in [0.2, 0.25) is 5.95 Å². The zero-order valence-electron chi connectivity index (χ0n) is 16.4. The van der Waals surface area contributed by atoms with Gasteiger partial charge < -0.3 is 15.0 Å². The van der Waals surface area contributed by atoms with E-state index >= 15 is 0 Å². The van der Waals surface area contributed by atoms with Gasteiger partial charge in [-0.05, 0) is 62.7 Å². The van der Waals surface area contributed by atoms with Gasteiger partial charge in [-0.25, -0.2) is 4.98 Å². The highest BCUT2D eigenvalue weighted by atomic mass is 35.5. The minimum atomic E-state index is 0.502. The highest BCUT2D eigenvalue weighted by molar-refractivity contribution is 6.30. The Bertz CT molecular complexity index is 893. The first-order valence-corrected chi connectivity index (χ1v) is 9.80. The van der Waals surface area contributed by atoms with E-state index in [1.165, 1.54) is 0 Å². The van der Waals surface area contributed by atoms with E-state index in [4.69, 9.17) is 16.3 Å². The zero-order valence-corrected chi connectivity index (χ0v) is 17.2. The Kier molecular flexibility index (Phi) is 6.71. The lowest BCUT2D eigenvalue weighted by atomic mass is 10.2. The number of halogens is 1. The largest absolute Gasteiger partial charge is 0.489 e. The molecule has 0 amide bonds. The smallest absolute Gasteiger partial charge is 0.227 e. The number of benzene rings is 2. The summed E-state index contributed by atoms with van der Waals surface area (Å²) in [6.07, 6.45) is 0. The molecule has 0 saturated carbocycles. The van der Waals surface area contributed by atoms with E-state index in [1.54, 1.807) is 0 Å². The Hall–Kier alpha value is -2.79. The Balaban J connectivity index is 1.64. The second-order valence-electron chi connectivity index (χ2n) is 6.43. The number of ether oxygens (including phenoxy) is 1. The van der Waals surface area contributed by atoms with Crippen molar-refractivity contribution in [2.45, 2.75) is 27.4 Å². The van der Waals surface area contributed by atoms with Crippen LogP contribution in [0.3, 0.4) is 0 Å². The van der Waals surface area contributed by atoms with Gasteiger partial charge in [-0.15, -0.1) is 0 Å². The maximum absolute atomic E-state index is 5.91. The molecule has 0 saturated heterocycles. The summed E-state index contributed by atoms with van der Waals surface area (Å²) in [7, 11) is 0. The van der Waals surface area contributed by atoms with Crippen molar-refractivity contribution in [2.75, 3.05) is 23.3 Å². The fourth-order valence-corrected chi connectivity index (χ4v) is 2.92. The molecule has 1 N–H and O–H groups in total. The second kappa shape index (κ2) is 9.42. The van der Waals surface area contributed by atoms with Crippen LogP contribution in [-0.2, 0) is 6.61 Å². The monoisotopic (exact) mass is 396 g/mol. The normalized spacial score (nSPS) is 10.6. The highest BCUT2D eigenvalue weighted by Crippen LogP contribution is 2.22. The van der Waals surface area contributed by atoms with Gasteiger partial charge in [-0.3, -0.25) is 0 Å². The average Bonchev–Trinajstić information content (AvgIpc) is 2.69. The average molecular weight is 397 g/mol. The van der Waals surface area contributed by atoms with Crippen molar-refractivity contribution in [3.8, 4) is 5.75 Å². The third-order valence-electron chi connectivity index (χ3n) is 4.33. The van der Waals surface area contributed by atoms with Crippen LogP contribution in [0.5, 0.6) is 5.75 Å². The lowest BCUT2D eigenvalue weighted by Crippen LogP contribution is -2.24. The molecule has 3 aromatic rings. The number of aromatic nitrogens is 2. The zero-order chi connectivity index (χ0) is 19.9. The van der Waals surface area contributed by atoms with E-state index in [-0.39, 0.29) is 0 Å². The molecule has 0 bridgehead atoms. The fraction of sp³-hybridized carbons (Fsp3) is 0.273. The molecule has 5 nitrogen and oxygen atoms in total. The first-order chi connectivity index (χ1) is 13.6. The van der Waals surface area contributed by atoms with Crippen molar-refractivity contribution >= 4 is 29.1 Å². The van der Waals surface area contributed by atoms with Gasteiger partial charge in [-0.1, -0.05) is 23.7 Å². The Labute approximate surface area is 171 Å². The van der Waals surface area contributed by atoms with Gasteiger partial charge >= 0.3 is 0 Å². The molecule has 0 fully saturated rings. The Morgan fingerprint density at radius 2 is 1.64 bits per heavy atom.